The molecule has 0 amide bonds. The van der Waals surface area contributed by atoms with Crippen LogP contribution >= 0.6 is 0 Å². The minimum absolute atomic E-state index is 0.916. The van der Waals surface area contributed by atoms with Crippen LogP contribution in [0.25, 0.3) is 88.1 Å². The van der Waals surface area contributed by atoms with Crippen molar-refractivity contribution in [3.63, 3.8) is 0 Å². The SMILES string of the molecule is Cc1cccc2c1oc1c(-n3c4ccccc4c4cc(-c5ccc6c(c5)c5ccccc5n6-c5ccccc5)ccc43)cccc12. The predicted molar refractivity (Wildman–Crippen MR) is 193 cm³/mol. The molecule has 3 heteroatoms. The Bertz CT molecular complexity index is 2810. The maximum atomic E-state index is 6.62. The second kappa shape index (κ2) is 9.47. The van der Waals surface area contributed by atoms with E-state index < -0.39 is 0 Å². The normalized spacial score (nSPS) is 12.0. The molecule has 0 atom stereocenters. The van der Waals surface area contributed by atoms with Gasteiger partial charge >= 0.3 is 0 Å². The molecule has 0 fully saturated rings. The molecule has 0 aliphatic heterocycles. The van der Waals surface area contributed by atoms with Gasteiger partial charge < -0.3 is 13.6 Å². The monoisotopic (exact) mass is 588 g/mol. The van der Waals surface area contributed by atoms with Crippen molar-refractivity contribution in [3.05, 3.63) is 157 Å². The first kappa shape index (κ1) is 25.3. The van der Waals surface area contributed by atoms with Crippen LogP contribution in [0.2, 0.25) is 0 Å². The summed E-state index contributed by atoms with van der Waals surface area (Å²) in [5, 5.41) is 7.27. The van der Waals surface area contributed by atoms with Gasteiger partial charge in [-0.25, -0.2) is 0 Å². The van der Waals surface area contributed by atoms with Gasteiger partial charge in [-0.3, -0.25) is 0 Å². The average Bonchev–Trinajstić information content (AvgIpc) is 3.77. The first-order chi connectivity index (χ1) is 22.7. The molecule has 0 bridgehead atoms. The molecule has 0 unspecified atom stereocenters. The van der Waals surface area contributed by atoms with E-state index in [4.69, 9.17) is 4.42 Å². The van der Waals surface area contributed by atoms with Crippen LogP contribution in [-0.2, 0) is 0 Å². The van der Waals surface area contributed by atoms with Crippen LogP contribution in [-0.4, -0.2) is 9.13 Å². The largest absolute Gasteiger partial charge is 0.454 e. The smallest absolute Gasteiger partial charge is 0.159 e. The van der Waals surface area contributed by atoms with Gasteiger partial charge in [-0.05, 0) is 78.2 Å². The van der Waals surface area contributed by atoms with Crippen molar-refractivity contribution in [3.8, 4) is 22.5 Å². The maximum absolute atomic E-state index is 6.62. The van der Waals surface area contributed by atoms with E-state index in [-0.39, 0.29) is 0 Å². The van der Waals surface area contributed by atoms with Crippen molar-refractivity contribution < 1.29 is 4.42 Å². The molecule has 0 saturated heterocycles. The molecule has 0 aliphatic rings. The topological polar surface area (TPSA) is 23.0 Å². The van der Waals surface area contributed by atoms with E-state index in [2.05, 4.69) is 168 Å². The highest BCUT2D eigenvalue weighted by Gasteiger charge is 2.19. The lowest BCUT2D eigenvalue weighted by atomic mass is 10.0. The fraction of sp³-hybridized carbons (Fsp3) is 0.0233. The highest BCUT2D eigenvalue weighted by Crippen LogP contribution is 2.41. The molecule has 3 nitrogen and oxygen atoms in total. The number of aromatic nitrogens is 2. The molecular weight excluding hydrogens is 560 g/mol. The van der Waals surface area contributed by atoms with Gasteiger partial charge in [0.25, 0.3) is 0 Å². The summed E-state index contributed by atoms with van der Waals surface area (Å²) in [7, 11) is 0. The van der Waals surface area contributed by atoms with Gasteiger partial charge in [0.1, 0.15) is 5.58 Å². The molecule has 0 spiro atoms. The van der Waals surface area contributed by atoms with Crippen LogP contribution in [0.15, 0.2) is 156 Å². The Labute approximate surface area is 265 Å². The van der Waals surface area contributed by atoms with E-state index in [1.165, 1.54) is 54.9 Å². The van der Waals surface area contributed by atoms with Crippen molar-refractivity contribution in [2.24, 2.45) is 0 Å². The fourth-order valence-electron chi connectivity index (χ4n) is 7.54. The molecule has 0 aliphatic carbocycles. The number of hydrogen-bond acceptors (Lipinski definition) is 1. The van der Waals surface area contributed by atoms with Crippen LogP contribution in [0, 0.1) is 6.92 Å². The Balaban J connectivity index is 1.20. The third-order valence-corrected chi connectivity index (χ3v) is 9.63. The van der Waals surface area contributed by atoms with Crippen molar-refractivity contribution in [1.29, 1.82) is 0 Å². The third kappa shape index (κ3) is 3.48. The van der Waals surface area contributed by atoms with E-state index in [9.17, 15) is 0 Å². The Morgan fingerprint density at radius 1 is 0.391 bits per heavy atom. The molecule has 0 saturated carbocycles. The molecule has 10 rings (SSSR count). The molecule has 46 heavy (non-hydrogen) atoms. The average molecular weight is 589 g/mol. The minimum Gasteiger partial charge on any atom is -0.454 e. The molecule has 0 radical (unpaired) electrons. The third-order valence-electron chi connectivity index (χ3n) is 9.63. The van der Waals surface area contributed by atoms with Crippen molar-refractivity contribution in [2.75, 3.05) is 0 Å². The summed E-state index contributed by atoms with van der Waals surface area (Å²) < 4.78 is 11.3. The Morgan fingerprint density at radius 3 is 1.61 bits per heavy atom. The number of fused-ring (bicyclic) bond motifs is 9. The van der Waals surface area contributed by atoms with E-state index in [1.54, 1.807) is 0 Å². The second-order valence-corrected chi connectivity index (χ2v) is 12.2. The number of rotatable bonds is 3. The summed E-state index contributed by atoms with van der Waals surface area (Å²) in [6.45, 7) is 2.11. The summed E-state index contributed by atoms with van der Waals surface area (Å²) in [6, 6.07) is 54.7. The van der Waals surface area contributed by atoms with Crippen molar-refractivity contribution >= 4 is 65.6 Å². The molecule has 10 aromatic rings. The van der Waals surface area contributed by atoms with E-state index in [0.717, 1.165) is 38.7 Å². The number of para-hydroxylation sites is 5. The zero-order chi connectivity index (χ0) is 30.4. The Hall–Kier alpha value is -6.06. The second-order valence-electron chi connectivity index (χ2n) is 12.2. The van der Waals surface area contributed by atoms with Gasteiger partial charge in [0.05, 0.1) is 27.8 Å². The highest BCUT2D eigenvalue weighted by molar-refractivity contribution is 6.14. The lowest BCUT2D eigenvalue weighted by molar-refractivity contribution is 0.663. The fourth-order valence-corrected chi connectivity index (χ4v) is 7.54. The van der Waals surface area contributed by atoms with Gasteiger partial charge in [0.2, 0.25) is 0 Å². The van der Waals surface area contributed by atoms with Crippen LogP contribution in [0.4, 0.5) is 0 Å². The molecule has 3 heterocycles. The number of benzene rings is 7. The summed E-state index contributed by atoms with van der Waals surface area (Å²) >= 11 is 0. The quantitative estimate of drug-likeness (QED) is 0.201. The van der Waals surface area contributed by atoms with Gasteiger partial charge in [-0.2, -0.15) is 0 Å². The minimum atomic E-state index is 0.916. The summed E-state index contributed by atoms with van der Waals surface area (Å²) in [6.07, 6.45) is 0. The van der Waals surface area contributed by atoms with Gasteiger partial charge in [0.15, 0.2) is 5.58 Å². The van der Waals surface area contributed by atoms with E-state index >= 15 is 0 Å². The lowest BCUT2D eigenvalue weighted by Crippen LogP contribution is -1.94. The maximum Gasteiger partial charge on any atom is 0.159 e. The van der Waals surface area contributed by atoms with Crippen LogP contribution in [0.5, 0.6) is 0 Å². The Morgan fingerprint density at radius 2 is 0.913 bits per heavy atom. The van der Waals surface area contributed by atoms with Crippen LogP contribution in [0.3, 0.4) is 0 Å². The first-order valence-electron chi connectivity index (χ1n) is 15.8. The molecular formula is C43H28N2O. The molecule has 7 aromatic carbocycles. The first-order valence-corrected chi connectivity index (χ1v) is 15.8. The van der Waals surface area contributed by atoms with Crippen molar-refractivity contribution in [1.82, 2.24) is 9.13 Å². The standard InChI is InChI=1S/C43H28N2O/c1-27-11-9-16-33-34-17-10-20-41(43(34)46-42(27)33)45-38-19-8-6-15-32(38)36-26-29(22-24-40(36)45)28-21-23-39-35(25-28)31-14-5-7-18-37(31)44(39)30-12-3-2-4-13-30/h2-26H,1H3. The van der Waals surface area contributed by atoms with E-state index in [1.807, 2.05) is 0 Å². The summed E-state index contributed by atoms with van der Waals surface area (Å²) in [4.78, 5) is 0. The molecule has 216 valence electrons. The Kier molecular flexibility index (Phi) is 5.20. The van der Waals surface area contributed by atoms with Gasteiger partial charge in [-0.1, -0.05) is 97.1 Å². The summed E-state index contributed by atoms with van der Waals surface area (Å²) in [5.41, 5.74) is 12.4. The number of aryl methyl sites for hydroxylation is 1. The van der Waals surface area contributed by atoms with Gasteiger partial charge in [-0.15, -0.1) is 0 Å². The van der Waals surface area contributed by atoms with Crippen molar-refractivity contribution in [2.45, 2.75) is 6.92 Å². The number of hydrogen-bond donors (Lipinski definition) is 0. The van der Waals surface area contributed by atoms with Gasteiger partial charge in [0, 0.05) is 38.0 Å². The highest BCUT2D eigenvalue weighted by atomic mass is 16.3. The zero-order valence-corrected chi connectivity index (χ0v) is 25.2. The predicted octanol–water partition coefficient (Wildman–Crippen LogP) is 11.8. The van der Waals surface area contributed by atoms with Crippen LogP contribution < -0.4 is 0 Å². The lowest BCUT2D eigenvalue weighted by Gasteiger charge is -2.10. The van der Waals surface area contributed by atoms with Crippen LogP contribution in [0.1, 0.15) is 5.56 Å². The van der Waals surface area contributed by atoms with E-state index in [0.29, 0.717) is 0 Å². The molecule has 0 N–H and O–H groups in total. The number of furan rings is 1. The number of nitrogens with zero attached hydrogens (tertiary/aromatic N) is 2. The zero-order valence-electron chi connectivity index (χ0n) is 25.2. The molecule has 3 aromatic heterocycles. The summed E-state index contributed by atoms with van der Waals surface area (Å²) in [5.74, 6) is 0.